The molecule has 1 heterocycles. The van der Waals surface area contributed by atoms with Gasteiger partial charge in [-0.15, -0.1) is 0 Å². The Balaban J connectivity index is 1.52. The first-order chi connectivity index (χ1) is 17.2. The van der Waals surface area contributed by atoms with E-state index in [0.717, 1.165) is 46.5 Å². The van der Waals surface area contributed by atoms with E-state index >= 15 is 0 Å². The maximum atomic E-state index is 12.7. The van der Waals surface area contributed by atoms with Crippen molar-refractivity contribution >= 4 is 11.5 Å². The number of imidazole rings is 1. The van der Waals surface area contributed by atoms with Crippen LogP contribution in [-0.2, 0) is 19.5 Å². The molecule has 0 saturated carbocycles. The molecule has 6 heteroatoms. The number of hydrogen-bond acceptors (Lipinski definition) is 5. The molecular weight excluding hydrogens is 436 g/mol. The van der Waals surface area contributed by atoms with Crippen LogP contribution in [-0.4, -0.2) is 15.3 Å². The van der Waals surface area contributed by atoms with Gasteiger partial charge in [0.25, 0.3) is 0 Å². The highest BCUT2D eigenvalue weighted by atomic mass is 16.5. The third-order valence-electron chi connectivity index (χ3n) is 6.40. The molecule has 6 nitrogen and oxygen atoms in total. The second kappa shape index (κ2) is 10.3. The maximum Gasteiger partial charge on any atom is 0.163 e. The topological polar surface area (TPSA) is 79.9 Å². The molecule has 174 valence electrons. The summed E-state index contributed by atoms with van der Waals surface area (Å²) in [6, 6.07) is 23.6. The summed E-state index contributed by atoms with van der Waals surface area (Å²) in [6.45, 7) is 1.06. The summed E-state index contributed by atoms with van der Waals surface area (Å²) in [5.74, 6) is 0.920. The molecule has 1 aliphatic carbocycles. The van der Waals surface area contributed by atoms with E-state index in [1.165, 1.54) is 0 Å². The minimum absolute atomic E-state index is 0.175. The minimum Gasteiger partial charge on any atom is -0.483 e. The Morgan fingerprint density at radius 1 is 1.06 bits per heavy atom. The van der Waals surface area contributed by atoms with E-state index in [0.29, 0.717) is 25.1 Å². The van der Waals surface area contributed by atoms with E-state index in [4.69, 9.17) is 4.74 Å². The average molecular weight is 463 g/mol. The number of Topliss-reactive ketones (excluding diaryl/α,β-unsaturated/α-hetero) is 1. The summed E-state index contributed by atoms with van der Waals surface area (Å²) in [5.41, 5.74) is 5.19. The van der Waals surface area contributed by atoms with Crippen molar-refractivity contribution in [3.63, 3.8) is 0 Å². The number of benzene rings is 3. The molecule has 0 unspecified atom stereocenters. The van der Waals surface area contributed by atoms with Gasteiger partial charge in [-0.3, -0.25) is 4.79 Å². The summed E-state index contributed by atoms with van der Waals surface area (Å²) < 4.78 is 8.69. The molecule has 0 radical (unpaired) electrons. The molecule has 0 bridgehead atoms. The van der Waals surface area contributed by atoms with Crippen molar-refractivity contribution in [2.75, 3.05) is 5.32 Å². The zero-order valence-electron chi connectivity index (χ0n) is 19.4. The molecule has 0 fully saturated rings. The molecule has 1 atom stereocenters. The lowest BCUT2D eigenvalue weighted by Gasteiger charge is -2.26. The third-order valence-corrected chi connectivity index (χ3v) is 6.40. The van der Waals surface area contributed by atoms with Gasteiger partial charge in [-0.2, -0.15) is 5.26 Å². The Bertz CT molecular complexity index is 1360. The lowest BCUT2D eigenvalue weighted by atomic mass is 9.86. The monoisotopic (exact) mass is 462 g/mol. The van der Waals surface area contributed by atoms with E-state index in [1.807, 2.05) is 59.3 Å². The van der Waals surface area contributed by atoms with Gasteiger partial charge >= 0.3 is 0 Å². The molecule has 3 aromatic carbocycles. The Labute approximate surface area is 204 Å². The second-order valence-electron chi connectivity index (χ2n) is 8.63. The number of carbonyl (C=O) groups is 1. The largest absolute Gasteiger partial charge is 0.483 e. The van der Waals surface area contributed by atoms with Crippen LogP contribution < -0.4 is 10.1 Å². The fourth-order valence-corrected chi connectivity index (χ4v) is 4.62. The Morgan fingerprint density at radius 2 is 1.89 bits per heavy atom. The minimum atomic E-state index is -0.243. The van der Waals surface area contributed by atoms with Gasteiger partial charge in [-0.25, -0.2) is 4.98 Å². The van der Waals surface area contributed by atoms with Gasteiger partial charge in [-0.1, -0.05) is 42.5 Å². The maximum absolute atomic E-state index is 12.7. The number of nitriles is 1. The van der Waals surface area contributed by atoms with Crippen LogP contribution in [0.5, 0.6) is 5.75 Å². The van der Waals surface area contributed by atoms with Gasteiger partial charge in [0.2, 0.25) is 0 Å². The van der Waals surface area contributed by atoms with Gasteiger partial charge in [0.15, 0.2) is 5.78 Å². The fraction of sp³-hybridized carbons (Fsp3) is 0.207. The van der Waals surface area contributed by atoms with E-state index in [-0.39, 0.29) is 11.9 Å². The SMILES string of the molecule is N#Cc1ccccc1NCc1c(O[C@H](Cn2ccnc2)c2ccccc2)ccc2c1CCCC2=O. The number of aromatic nitrogens is 2. The molecule has 4 aromatic rings. The van der Waals surface area contributed by atoms with Crippen LogP contribution in [0.25, 0.3) is 0 Å². The van der Waals surface area contributed by atoms with Gasteiger partial charge in [0.1, 0.15) is 17.9 Å². The van der Waals surface area contributed by atoms with Gasteiger partial charge in [-0.05, 0) is 48.2 Å². The number of ether oxygens (including phenoxy) is 1. The lowest BCUT2D eigenvalue weighted by Crippen LogP contribution is -2.19. The van der Waals surface area contributed by atoms with Crippen molar-refractivity contribution in [1.82, 2.24) is 9.55 Å². The zero-order chi connectivity index (χ0) is 24.0. The number of para-hydroxylation sites is 1. The number of nitrogens with zero attached hydrogens (tertiary/aromatic N) is 3. The number of fused-ring (bicyclic) bond motifs is 1. The molecular formula is C29H26N4O2. The first-order valence-electron chi connectivity index (χ1n) is 11.8. The summed E-state index contributed by atoms with van der Waals surface area (Å²) in [4.78, 5) is 16.8. The van der Waals surface area contributed by atoms with Crippen LogP contribution in [0.1, 0.15) is 51.6 Å². The molecule has 0 amide bonds. The molecule has 0 saturated heterocycles. The normalized spacial score (nSPS) is 13.5. The lowest BCUT2D eigenvalue weighted by molar-refractivity contribution is 0.0972. The van der Waals surface area contributed by atoms with Crippen molar-refractivity contribution in [3.05, 3.63) is 113 Å². The van der Waals surface area contributed by atoms with E-state index in [1.54, 1.807) is 18.6 Å². The van der Waals surface area contributed by atoms with Crippen LogP contribution in [0.4, 0.5) is 5.69 Å². The number of hydrogen-bond donors (Lipinski definition) is 1. The molecule has 1 aromatic heterocycles. The first-order valence-corrected chi connectivity index (χ1v) is 11.8. The highest BCUT2D eigenvalue weighted by molar-refractivity contribution is 5.99. The second-order valence-corrected chi connectivity index (χ2v) is 8.63. The summed E-state index contributed by atoms with van der Waals surface area (Å²) in [7, 11) is 0. The molecule has 1 aliphatic rings. The predicted octanol–water partition coefficient (Wildman–Crippen LogP) is 5.71. The van der Waals surface area contributed by atoms with Gasteiger partial charge in [0, 0.05) is 36.5 Å². The smallest absolute Gasteiger partial charge is 0.163 e. The molecule has 0 aliphatic heterocycles. The van der Waals surface area contributed by atoms with Crippen LogP contribution in [0.2, 0.25) is 0 Å². The van der Waals surface area contributed by atoms with Crippen molar-refractivity contribution in [1.29, 1.82) is 5.26 Å². The van der Waals surface area contributed by atoms with Gasteiger partial charge in [0.05, 0.1) is 24.1 Å². The standard InChI is InChI=1S/C29H26N4O2/c30-17-22-9-4-5-11-26(22)32-18-25-23-10-6-12-27(34)24(23)13-14-28(25)35-29(19-33-16-15-31-20-33)21-7-2-1-3-8-21/h1-5,7-9,11,13-16,20,29,32H,6,10,12,18-19H2/t29-/m1/s1. The Hall–Kier alpha value is -4.37. The van der Waals surface area contributed by atoms with Crippen molar-refractivity contribution in [3.8, 4) is 11.8 Å². The first kappa shape index (κ1) is 22.4. The van der Waals surface area contributed by atoms with E-state index in [9.17, 15) is 10.1 Å². The number of rotatable bonds is 8. The number of ketones is 1. The molecule has 5 rings (SSSR count). The number of anilines is 1. The summed E-state index contributed by atoms with van der Waals surface area (Å²) in [5, 5.41) is 12.9. The van der Waals surface area contributed by atoms with Crippen LogP contribution in [0.15, 0.2) is 85.5 Å². The van der Waals surface area contributed by atoms with Crippen molar-refractivity contribution in [2.45, 2.75) is 38.5 Å². The van der Waals surface area contributed by atoms with Crippen LogP contribution in [0, 0.1) is 11.3 Å². The summed E-state index contributed by atoms with van der Waals surface area (Å²) >= 11 is 0. The van der Waals surface area contributed by atoms with Crippen LogP contribution in [0.3, 0.4) is 0 Å². The quantitative estimate of drug-likeness (QED) is 0.363. The third kappa shape index (κ3) is 4.95. The van der Waals surface area contributed by atoms with E-state index < -0.39 is 0 Å². The predicted molar refractivity (Wildman–Crippen MR) is 134 cm³/mol. The van der Waals surface area contributed by atoms with Crippen molar-refractivity contribution < 1.29 is 9.53 Å². The number of carbonyl (C=O) groups excluding carboxylic acids is 1. The highest BCUT2D eigenvalue weighted by Gasteiger charge is 2.24. The van der Waals surface area contributed by atoms with Crippen molar-refractivity contribution in [2.24, 2.45) is 0 Å². The van der Waals surface area contributed by atoms with E-state index in [2.05, 4.69) is 28.5 Å². The van der Waals surface area contributed by atoms with Gasteiger partial charge < -0.3 is 14.6 Å². The zero-order valence-corrected chi connectivity index (χ0v) is 19.4. The molecule has 0 spiro atoms. The molecule has 35 heavy (non-hydrogen) atoms. The van der Waals surface area contributed by atoms with Crippen LogP contribution >= 0.6 is 0 Å². The molecule has 1 N–H and O–H groups in total. The fourth-order valence-electron chi connectivity index (χ4n) is 4.62. The number of nitrogens with one attached hydrogen (secondary N) is 1. The summed E-state index contributed by atoms with van der Waals surface area (Å²) in [6.07, 6.45) is 7.45. The Kier molecular flexibility index (Phi) is 6.58. The highest BCUT2D eigenvalue weighted by Crippen LogP contribution is 2.35. The Morgan fingerprint density at radius 3 is 2.69 bits per heavy atom. The average Bonchev–Trinajstić information content (AvgIpc) is 3.41.